The number of furan rings is 1. The standard InChI is InChI=1S/C20H17FN2O4/c21-15-5-2-1-4-13(15)18-12-23(9-11-27-18)20(25)14-7-8-16(22-19(14)24)17-6-3-10-26-17/h1-8,10,18H,9,11-12H2,(H,22,24)/t18-/m1/s1. The highest BCUT2D eigenvalue weighted by Gasteiger charge is 2.28. The zero-order valence-electron chi connectivity index (χ0n) is 14.4. The largest absolute Gasteiger partial charge is 0.463 e. The summed E-state index contributed by atoms with van der Waals surface area (Å²) in [4.78, 5) is 29.4. The lowest BCUT2D eigenvalue weighted by Crippen LogP contribution is -2.44. The average molecular weight is 368 g/mol. The summed E-state index contributed by atoms with van der Waals surface area (Å²) < 4.78 is 24.9. The van der Waals surface area contributed by atoms with Crippen LogP contribution in [0.1, 0.15) is 22.0 Å². The van der Waals surface area contributed by atoms with Crippen LogP contribution in [0, 0.1) is 5.82 Å². The first-order chi connectivity index (χ1) is 13.1. The molecule has 3 aromatic rings. The van der Waals surface area contributed by atoms with Gasteiger partial charge in [-0.25, -0.2) is 4.39 Å². The molecule has 0 spiro atoms. The van der Waals surface area contributed by atoms with Gasteiger partial charge in [-0.3, -0.25) is 9.59 Å². The molecule has 27 heavy (non-hydrogen) atoms. The molecule has 1 aromatic carbocycles. The number of benzene rings is 1. The van der Waals surface area contributed by atoms with Crippen molar-refractivity contribution in [1.29, 1.82) is 0 Å². The summed E-state index contributed by atoms with van der Waals surface area (Å²) in [5.41, 5.74) is 0.423. The quantitative estimate of drug-likeness (QED) is 0.771. The summed E-state index contributed by atoms with van der Waals surface area (Å²) >= 11 is 0. The van der Waals surface area contributed by atoms with Crippen molar-refractivity contribution in [3.63, 3.8) is 0 Å². The Morgan fingerprint density at radius 1 is 1.15 bits per heavy atom. The molecule has 1 amide bonds. The molecule has 1 aliphatic heterocycles. The molecule has 1 fully saturated rings. The number of hydrogen-bond donors (Lipinski definition) is 1. The van der Waals surface area contributed by atoms with Crippen molar-refractivity contribution >= 4 is 5.91 Å². The minimum atomic E-state index is -0.564. The van der Waals surface area contributed by atoms with Crippen LogP contribution in [0.15, 0.2) is 64.0 Å². The Balaban J connectivity index is 1.56. The highest BCUT2D eigenvalue weighted by Crippen LogP contribution is 2.25. The molecular weight excluding hydrogens is 351 g/mol. The number of ether oxygens (including phenoxy) is 1. The van der Waals surface area contributed by atoms with Crippen molar-refractivity contribution in [1.82, 2.24) is 9.88 Å². The minimum Gasteiger partial charge on any atom is -0.463 e. The molecule has 0 saturated carbocycles. The van der Waals surface area contributed by atoms with Crippen LogP contribution < -0.4 is 5.56 Å². The third kappa shape index (κ3) is 3.41. The fourth-order valence-corrected chi connectivity index (χ4v) is 3.15. The lowest BCUT2D eigenvalue weighted by atomic mass is 10.1. The van der Waals surface area contributed by atoms with Gasteiger partial charge in [0.15, 0.2) is 0 Å². The number of hydrogen-bond acceptors (Lipinski definition) is 4. The lowest BCUT2D eigenvalue weighted by Gasteiger charge is -2.33. The number of nitrogens with one attached hydrogen (secondary N) is 1. The van der Waals surface area contributed by atoms with Gasteiger partial charge < -0.3 is 19.0 Å². The Hall–Kier alpha value is -3.19. The molecule has 1 saturated heterocycles. The van der Waals surface area contributed by atoms with Crippen LogP contribution in [0.3, 0.4) is 0 Å². The Labute approximate surface area is 154 Å². The minimum absolute atomic E-state index is 0.0273. The summed E-state index contributed by atoms with van der Waals surface area (Å²) in [6, 6.07) is 12.9. The summed E-state index contributed by atoms with van der Waals surface area (Å²) in [7, 11) is 0. The van der Waals surface area contributed by atoms with E-state index >= 15 is 0 Å². The topological polar surface area (TPSA) is 75.5 Å². The van der Waals surface area contributed by atoms with Crippen molar-refractivity contribution in [2.75, 3.05) is 19.7 Å². The second kappa shape index (κ2) is 7.20. The zero-order chi connectivity index (χ0) is 18.8. The number of rotatable bonds is 3. The maximum absolute atomic E-state index is 14.0. The van der Waals surface area contributed by atoms with Crippen LogP contribution in [0.5, 0.6) is 0 Å². The number of carbonyl (C=O) groups is 1. The molecule has 0 unspecified atom stereocenters. The number of aromatic amines is 1. The van der Waals surface area contributed by atoms with E-state index in [1.54, 1.807) is 36.4 Å². The van der Waals surface area contributed by atoms with Crippen molar-refractivity contribution in [2.24, 2.45) is 0 Å². The van der Waals surface area contributed by atoms with Crippen LogP contribution in [0.4, 0.5) is 4.39 Å². The molecule has 0 radical (unpaired) electrons. The van der Waals surface area contributed by atoms with Gasteiger partial charge in [0.1, 0.15) is 23.2 Å². The average Bonchev–Trinajstić information content (AvgIpc) is 3.23. The van der Waals surface area contributed by atoms with Crippen LogP contribution in [-0.4, -0.2) is 35.5 Å². The summed E-state index contributed by atoms with van der Waals surface area (Å²) in [6.45, 7) is 0.787. The normalized spacial score (nSPS) is 17.1. The first kappa shape index (κ1) is 17.2. The van der Waals surface area contributed by atoms with E-state index in [-0.39, 0.29) is 24.5 Å². The number of amides is 1. The molecular formula is C20H17FN2O4. The number of pyridine rings is 1. The predicted molar refractivity (Wildman–Crippen MR) is 95.8 cm³/mol. The van der Waals surface area contributed by atoms with Gasteiger partial charge in [0, 0.05) is 12.1 Å². The molecule has 138 valence electrons. The number of H-pyrrole nitrogens is 1. The molecule has 3 heterocycles. The van der Waals surface area contributed by atoms with Crippen molar-refractivity contribution < 1.29 is 18.3 Å². The fraction of sp³-hybridized carbons (Fsp3) is 0.200. The van der Waals surface area contributed by atoms with Crippen LogP contribution >= 0.6 is 0 Å². The molecule has 1 atom stereocenters. The first-order valence-electron chi connectivity index (χ1n) is 8.56. The van der Waals surface area contributed by atoms with E-state index in [4.69, 9.17) is 9.15 Å². The molecule has 0 aliphatic carbocycles. The van der Waals surface area contributed by atoms with Crippen molar-refractivity contribution in [2.45, 2.75) is 6.10 Å². The second-order valence-electron chi connectivity index (χ2n) is 6.22. The van der Waals surface area contributed by atoms with E-state index in [9.17, 15) is 14.0 Å². The van der Waals surface area contributed by atoms with Gasteiger partial charge in [0.25, 0.3) is 11.5 Å². The number of carbonyl (C=O) groups excluding carboxylic acids is 1. The van der Waals surface area contributed by atoms with E-state index in [0.717, 1.165) is 0 Å². The van der Waals surface area contributed by atoms with Gasteiger partial charge in [-0.1, -0.05) is 18.2 Å². The molecule has 0 bridgehead atoms. The Morgan fingerprint density at radius 3 is 2.74 bits per heavy atom. The highest BCUT2D eigenvalue weighted by molar-refractivity contribution is 5.94. The molecule has 1 N–H and O–H groups in total. The Morgan fingerprint density at radius 2 is 2.00 bits per heavy atom. The number of nitrogens with zero attached hydrogens (tertiary/aromatic N) is 1. The van der Waals surface area contributed by atoms with Crippen LogP contribution in [-0.2, 0) is 4.74 Å². The van der Waals surface area contributed by atoms with Crippen LogP contribution in [0.2, 0.25) is 0 Å². The van der Waals surface area contributed by atoms with Crippen molar-refractivity contribution in [3.05, 3.63) is 82.1 Å². The van der Waals surface area contributed by atoms with Gasteiger partial charge in [-0.05, 0) is 30.3 Å². The Kier molecular flexibility index (Phi) is 4.60. The number of halogens is 1. The maximum Gasteiger partial charge on any atom is 0.261 e. The molecule has 4 rings (SSSR count). The summed E-state index contributed by atoms with van der Waals surface area (Å²) in [5.74, 6) is -0.276. The van der Waals surface area contributed by atoms with Gasteiger partial charge in [0.2, 0.25) is 0 Å². The predicted octanol–water partition coefficient (Wildman–Crippen LogP) is 2.99. The zero-order valence-corrected chi connectivity index (χ0v) is 14.4. The van der Waals surface area contributed by atoms with Gasteiger partial charge >= 0.3 is 0 Å². The third-order valence-corrected chi connectivity index (χ3v) is 4.53. The number of aromatic nitrogens is 1. The van der Waals surface area contributed by atoms with Gasteiger partial charge in [-0.2, -0.15) is 0 Å². The highest BCUT2D eigenvalue weighted by atomic mass is 19.1. The van der Waals surface area contributed by atoms with Crippen LogP contribution in [0.25, 0.3) is 11.5 Å². The Bertz CT molecular complexity index is 1010. The van der Waals surface area contributed by atoms with E-state index in [1.807, 2.05) is 0 Å². The third-order valence-electron chi connectivity index (χ3n) is 4.53. The number of morpholine rings is 1. The van der Waals surface area contributed by atoms with E-state index in [1.165, 1.54) is 23.3 Å². The molecule has 7 heteroatoms. The van der Waals surface area contributed by atoms with E-state index < -0.39 is 17.6 Å². The van der Waals surface area contributed by atoms with Crippen molar-refractivity contribution in [3.8, 4) is 11.5 Å². The fourth-order valence-electron chi connectivity index (χ4n) is 3.15. The molecule has 6 nitrogen and oxygen atoms in total. The maximum atomic E-state index is 14.0. The molecule has 1 aliphatic rings. The second-order valence-corrected chi connectivity index (χ2v) is 6.22. The van der Waals surface area contributed by atoms with E-state index in [2.05, 4.69) is 4.98 Å². The van der Waals surface area contributed by atoms with Gasteiger partial charge in [-0.15, -0.1) is 0 Å². The smallest absolute Gasteiger partial charge is 0.261 e. The summed E-state index contributed by atoms with van der Waals surface area (Å²) in [5, 5.41) is 0. The first-order valence-corrected chi connectivity index (χ1v) is 8.56. The summed E-state index contributed by atoms with van der Waals surface area (Å²) in [6.07, 6.45) is 0.939. The van der Waals surface area contributed by atoms with Gasteiger partial charge in [0.05, 0.1) is 25.1 Å². The monoisotopic (exact) mass is 368 g/mol. The molecule has 2 aromatic heterocycles. The SMILES string of the molecule is O=C(c1ccc(-c2ccco2)[nH]c1=O)N1CCO[C@@H](c2ccccc2F)C1. The van der Waals surface area contributed by atoms with E-state index in [0.29, 0.717) is 23.6 Å². The lowest BCUT2D eigenvalue weighted by molar-refractivity contribution is -0.0243.